The average Bonchev–Trinajstić information content (AvgIpc) is 2.93. The maximum Gasteiger partial charge on any atom is 0.311 e. The van der Waals surface area contributed by atoms with Crippen LogP contribution in [0, 0.1) is 11.8 Å². The van der Waals surface area contributed by atoms with Gasteiger partial charge in [0.25, 0.3) is 6.29 Å². The minimum absolute atomic E-state index is 0.232. The van der Waals surface area contributed by atoms with Gasteiger partial charge in [0, 0.05) is 11.9 Å². The molecule has 1 aromatic heterocycles. The van der Waals surface area contributed by atoms with E-state index in [1.54, 1.807) is 25.8 Å². The van der Waals surface area contributed by atoms with Gasteiger partial charge in [-0.05, 0) is 0 Å². The molecule has 0 aliphatic carbocycles. The molecular weight excluding hydrogens is 258 g/mol. The summed E-state index contributed by atoms with van der Waals surface area (Å²) in [6.45, 7) is 5.73. The molecule has 1 aliphatic rings. The number of carbonyl (C=O) groups excluding carboxylic acids is 1. The van der Waals surface area contributed by atoms with Crippen LogP contribution in [0.15, 0.2) is 4.63 Å². The Balaban J connectivity index is 1.72. The molecule has 0 radical (unpaired) electrons. The van der Waals surface area contributed by atoms with Crippen molar-refractivity contribution in [2.24, 2.45) is 11.8 Å². The molecule has 1 atom stereocenters. The summed E-state index contributed by atoms with van der Waals surface area (Å²) >= 11 is 0. The van der Waals surface area contributed by atoms with Crippen LogP contribution >= 0.6 is 0 Å². The molecule has 1 unspecified atom stereocenters. The van der Waals surface area contributed by atoms with E-state index in [1.807, 2.05) is 0 Å². The molecule has 1 saturated heterocycles. The Morgan fingerprint density at radius 1 is 1.32 bits per heavy atom. The molecule has 0 saturated carbocycles. The summed E-state index contributed by atoms with van der Waals surface area (Å²) in [6, 6.07) is 0. The first-order valence-corrected chi connectivity index (χ1v) is 6.01. The van der Waals surface area contributed by atoms with Crippen LogP contribution in [0.5, 0.6) is 0 Å². The fraction of sp³-hybridized carbons (Fsp3) is 0.800. The van der Waals surface area contributed by atoms with Crippen LogP contribution < -0.4 is 9.85 Å². The van der Waals surface area contributed by atoms with Gasteiger partial charge in [-0.3, -0.25) is 14.6 Å². The van der Waals surface area contributed by atoms with Crippen LogP contribution in [-0.4, -0.2) is 46.4 Å². The summed E-state index contributed by atoms with van der Waals surface area (Å²) in [5, 5.41) is 11.4. The second-order valence-corrected chi connectivity index (χ2v) is 4.74. The summed E-state index contributed by atoms with van der Waals surface area (Å²) in [5.74, 6) is -1.81. The first-order valence-electron chi connectivity index (χ1n) is 6.01. The topological polar surface area (TPSA) is 99.1 Å². The second-order valence-electron chi connectivity index (χ2n) is 4.74. The van der Waals surface area contributed by atoms with Crippen LogP contribution in [0.2, 0.25) is 0 Å². The number of aliphatic carboxylic acids is 1. The fourth-order valence-electron chi connectivity index (χ4n) is 1.46. The Labute approximate surface area is 109 Å². The number of esters is 1. The molecule has 0 aromatic carbocycles. The number of nitrogens with zero attached hydrogens (tertiary/aromatic N) is 3. The molecule has 1 fully saturated rings. The summed E-state index contributed by atoms with van der Waals surface area (Å²) in [7, 11) is 0. The van der Waals surface area contributed by atoms with Gasteiger partial charge in [-0.2, -0.15) is 4.63 Å². The highest BCUT2D eigenvalue weighted by Crippen LogP contribution is 2.16. The van der Waals surface area contributed by atoms with Crippen LogP contribution in [0.4, 0.5) is 0 Å². The lowest BCUT2D eigenvalue weighted by atomic mass is 10.0. The summed E-state index contributed by atoms with van der Waals surface area (Å²) in [6.07, 6.45) is -0.781. The highest BCUT2D eigenvalue weighted by molar-refractivity contribution is 5.72. The Bertz CT molecular complexity index is 453. The third kappa shape index (κ3) is 3.04. The maximum absolute atomic E-state index is 11.3. The number of carboxylic acids is 1. The smallest absolute Gasteiger partial charge is 0.311 e. The van der Waals surface area contributed by atoms with E-state index in [0.717, 1.165) is 5.02 Å². The summed E-state index contributed by atoms with van der Waals surface area (Å²) in [5.41, 5.74) is 0. The van der Waals surface area contributed by atoms with Crippen molar-refractivity contribution >= 4 is 11.9 Å². The molecule has 1 aliphatic heterocycles. The number of aromatic nitrogens is 2. The number of carboxylic acid groups (broad SMARTS) is 1. The van der Waals surface area contributed by atoms with E-state index in [2.05, 4.69) is 0 Å². The van der Waals surface area contributed by atoms with E-state index < -0.39 is 12.3 Å². The molecule has 9 heteroatoms. The van der Waals surface area contributed by atoms with Gasteiger partial charge in [-0.15, -0.1) is 0 Å². The largest absolute Gasteiger partial charge is 0.481 e. The molecule has 9 nitrogen and oxygen atoms in total. The molecule has 108 valence electrons. The van der Waals surface area contributed by atoms with E-state index in [4.69, 9.17) is 19.3 Å². The molecule has 1 N–H and O–H groups in total. The molecule has 0 spiro atoms. The van der Waals surface area contributed by atoms with Gasteiger partial charge in [0.2, 0.25) is 0 Å². The minimum Gasteiger partial charge on any atom is -0.481 e. The Morgan fingerprint density at radius 2 is 1.95 bits per heavy atom. The number of carbonyl (C=O) groups is 2. The quantitative estimate of drug-likeness (QED) is 0.552. The lowest BCUT2D eigenvalue weighted by molar-refractivity contribution is -0.184. The Morgan fingerprint density at radius 3 is 2.47 bits per heavy atom. The van der Waals surface area contributed by atoms with Crippen molar-refractivity contribution in [1.82, 2.24) is 9.98 Å². The third-order valence-corrected chi connectivity index (χ3v) is 2.70. The average molecular weight is 275 g/mol. The zero-order valence-corrected chi connectivity index (χ0v) is 11.0. The first-order chi connectivity index (χ1) is 8.88. The predicted molar refractivity (Wildman–Crippen MR) is 60.7 cm³/mol. The lowest BCUT2D eigenvalue weighted by Crippen LogP contribution is -2.55. The van der Waals surface area contributed by atoms with Crippen LogP contribution in [-0.2, 0) is 14.3 Å². The van der Waals surface area contributed by atoms with E-state index in [-0.39, 0.29) is 17.8 Å². The first kappa shape index (κ1) is 13.4. The van der Waals surface area contributed by atoms with E-state index in [0.29, 0.717) is 13.1 Å². The number of rotatable bonds is 6. The molecule has 2 rings (SSSR count). The zero-order chi connectivity index (χ0) is 14.2. The van der Waals surface area contributed by atoms with Gasteiger partial charge in [0.1, 0.15) is 5.02 Å². The standard InChI is InChI=1S/C10H17N3O6/c1-6(2)10(16)17-7(3)18-13-12(19-13)11-4-8(5-11)9(14)15/h6-8H,4-5H2,1-3H3,(H,14,15). The van der Waals surface area contributed by atoms with E-state index >= 15 is 0 Å². The van der Waals surface area contributed by atoms with Crippen molar-refractivity contribution in [2.45, 2.75) is 27.1 Å². The van der Waals surface area contributed by atoms with Crippen molar-refractivity contribution in [1.29, 1.82) is 0 Å². The van der Waals surface area contributed by atoms with E-state index in [1.165, 1.54) is 4.96 Å². The van der Waals surface area contributed by atoms with Gasteiger partial charge in [-0.25, -0.2) is 0 Å². The third-order valence-electron chi connectivity index (χ3n) is 2.70. The molecular formula is C10H17N3O6. The van der Waals surface area contributed by atoms with E-state index in [9.17, 15) is 9.59 Å². The molecule has 0 bridgehead atoms. The normalized spacial score (nSPS) is 17.4. The van der Waals surface area contributed by atoms with Gasteiger partial charge < -0.3 is 14.7 Å². The monoisotopic (exact) mass is 275 g/mol. The molecule has 1 aromatic rings. The SMILES string of the molecule is CC(OC(=O)C(C)C)On1on1N1CC(C(=O)O)C1. The predicted octanol–water partition coefficient (Wildman–Crippen LogP) is -0.491. The highest BCUT2D eigenvalue weighted by Gasteiger charge is 2.38. The fourth-order valence-corrected chi connectivity index (χ4v) is 1.46. The minimum atomic E-state index is -0.829. The Hall–Kier alpha value is -2.06. The van der Waals surface area contributed by atoms with Crippen molar-refractivity contribution in [3.63, 3.8) is 0 Å². The molecule has 2 heterocycles. The van der Waals surface area contributed by atoms with Crippen molar-refractivity contribution in [3.8, 4) is 0 Å². The lowest BCUT2D eigenvalue weighted by Gasteiger charge is -2.32. The van der Waals surface area contributed by atoms with Gasteiger partial charge in [0.05, 0.1) is 24.9 Å². The Kier molecular flexibility index (Phi) is 3.45. The molecule has 19 heavy (non-hydrogen) atoms. The number of ether oxygens (including phenoxy) is 1. The number of hydrogen-bond acceptors (Lipinski definition) is 6. The highest BCUT2D eigenvalue weighted by atomic mass is 17.0. The van der Waals surface area contributed by atoms with Crippen LogP contribution in [0.3, 0.4) is 0 Å². The molecule has 0 amide bonds. The van der Waals surface area contributed by atoms with Gasteiger partial charge in [0.15, 0.2) is 0 Å². The van der Waals surface area contributed by atoms with Crippen LogP contribution in [0.25, 0.3) is 0 Å². The summed E-state index contributed by atoms with van der Waals surface area (Å²) < 4.78 is 9.93. The second kappa shape index (κ2) is 4.90. The maximum atomic E-state index is 11.3. The van der Waals surface area contributed by atoms with Gasteiger partial charge in [-0.1, -0.05) is 13.8 Å². The van der Waals surface area contributed by atoms with Gasteiger partial charge >= 0.3 is 11.9 Å². The van der Waals surface area contributed by atoms with Crippen LogP contribution in [0.1, 0.15) is 20.8 Å². The summed E-state index contributed by atoms with van der Waals surface area (Å²) in [4.78, 5) is 28.4. The van der Waals surface area contributed by atoms with Crippen molar-refractivity contribution in [3.05, 3.63) is 0 Å². The van der Waals surface area contributed by atoms with Crippen molar-refractivity contribution < 1.29 is 28.9 Å². The zero-order valence-electron chi connectivity index (χ0n) is 11.0. The van der Waals surface area contributed by atoms with Crippen molar-refractivity contribution in [2.75, 3.05) is 18.1 Å². The number of hydrogen-bond donors (Lipinski definition) is 1.